The summed E-state index contributed by atoms with van der Waals surface area (Å²) in [5.41, 5.74) is -0.830. The molecule has 1 saturated carbocycles. The first-order valence-corrected chi connectivity index (χ1v) is 6.56. The lowest BCUT2D eigenvalue weighted by Crippen LogP contribution is -2.34. The molecule has 1 aromatic carbocycles. The minimum atomic E-state index is -0.914. The Morgan fingerprint density at radius 1 is 1.29 bits per heavy atom. The van der Waals surface area contributed by atoms with Gasteiger partial charge in [0.2, 0.25) is 0 Å². The van der Waals surface area contributed by atoms with Gasteiger partial charge in [0, 0.05) is 12.6 Å². The zero-order valence-corrected chi connectivity index (χ0v) is 11.1. The van der Waals surface area contributed by atoms with Crippen LogP contribution in [0.15, 0.2) is 39.5 Å². The van der Waals surface area contributed by atoms with Crippen molar-refractivity contribution in [2.75, 3.05) is 6.54 Å². The van der Waals surface area contributed by atoms with Crippen LogP contribution in [-0.2, 0) is 4.79 Å². The molecule has 1 fully saturated rings. The Kier molecular flexibility index (Phi) is 3.01. The molecule has 1 aromatic heterocycles. The molecule has 0 atom stereocenters. The van der Waals surface area contributed by atoms with Gasteiger partial charge in [-0.25, -0.2) is 0 Å². The molecule has 0 bridgehead atoms. The number of nitrogens with one attached hydrogen (secondary N) is 1. The first-order valence-electron chi connectivity index (χ1n) is 6.56. The third kappa shape index (κ3) is 2.40. The Morgan fingerprint density at radius 3 is 2.67 bits per heavy atom. The van der Waals surface area contributed by atoms with Gasteiger partial charge in [0.05, 0.1) is 10.8 Å². The van der Waals surface area contributed by atoms with Crippen LogP contribution in [0.2, 0.25) is 0 Å². The molecule has 0 saturated heterocycles. The number of carboxylic acid groups (broad SMARTS) is 1. The van der Waals surface area contributed by atoms with E-state index >= 15 is 0 Å². The van der Waals surface area contributed by atoms with Crippen LogP contribution in [0.4, 0.5) is 0 Å². The van der Waals surface area contributed by atoms with E-state index in [-0.39, 0.29) is 17.7 Å². The van der Waals surface area contributed by atoms with Gasteiger partial charge in [0.15, 0.2) is 11.2 Å². The van der Waals surface area contributed by atoms with Gasteiger partial charge in [-0.15, -0.1) is 0 Å². The second-order valence-electron chi connectivity index (χ2n) is 5.24. The Bertz CT molecular complexity index is 788. The zero-order chi connectivity index (χ0) is 15.0. The number of aliphatic carboxylic acids is 1. The molecule has 1 aliphatic carbocycles. The quantitative estimate of drug-likeness (QED) is 0.885. The number of hydrogen-bond acceptors (Lipinski definition) is 4. The van der Waals surface area contributed by atoms with E-state index in [1.165, 1.54) is 0 Å². The number of fused-ring (bicyclic) bond motifs is 1. The van der Waals surface area contributed by atoms with Gasteiger partial charge in [-0.1, -0.05) is 12.1 Å². The van der Waals surface area contributed by atoms with Crippen LogP contribution < -0.4 is 10.7 Å². The van der Waals surface area contributed by atoms with Crippen LogP contribution in [0.1, 0.15) is 23.4 Å². The third-order valence-electron chi connectivity index (χ3n) is 3.75. The molecule has 0 radical (unpaired) electrons. The van der Waals surface area contributed by atoms with E-state index in [2.05, 4.69) is 5.32 Å². The molecule has 1 heterocycles. The van der Waals surface area contributed by atoms with Crippen molar-refractivity contribution in [3.8, 4) is 0 Å². The predicted molar refractivity (Wildman–Crippen MR) is 74.1 cm³/mol. The van der Waals surface area contributed by atoms with E-state index < -0.39 is 17.3 Å². The van der Waals surface area contributed by atoms with Crippen LogP contribution in [0, 0.1) is 5.41 Å². The Labute approximate surface area is 119 Å². The third-order valence-corrected chi connectivity index (χ3v) is 3.75. The highest BCUT2D eigenvalue weighted by Gasteiger charge is 2.50. The molecular formula is C15H13NO5. The fourth-order valence-electron chi connectivity index (χ4n) is 2.17. The normalized spacial score (nSPS) is 15.6. The smallest absolute Gasteiger partial charge is 0.311 e. The standard InChI is InChI=1S/C15H13NO5/c17-10-7-12(21-11-4-2-1-3-9(10)11)13(18)16-8-15(5-6-15)14(19)20/h1-4,7H,5-6,8H2,(H,16,18)(H,19,20). The number of carboxylic acids is 1. The average Bonchev–Trinajstić information content (AvgIpc) is 3.26. The summed E-state index contributed by atoms with van der Waals surface area (Å²) >= 11 is 0. The summed E-state index contributed by atoms with van der Waals surface area (Å²) in [4.78, 5) is 34.9. The van der Waals surface area contributed by atoms with Crippen molar-refractivity contribution in [3.05, 3.63) is 46.3 Å². The second-order valence-corrected chi connectivity index (χ2v) is 5.24. The van der Waals surface area contributed by atoms with Crippen LogP contribution in [0.3, 0.4) is 0 Å². The van der Waals surface area contributed by atoms with E-state index in [4.69, 9.17) is 9.52 Å². The number of rotatable bonds is 4. The van der Waals surface area contributed by atoms with Crippen LogP contribution in [0.25, 0.3) is 11.0 Å². The highest BCUT2D eigenvalue weighted by atomic mass is 16.4. The van der Waals surface area contributed by atoms with Crippen molar-refractivity contribution in [3.63, 3.8) is 0 Å². The molecule has 0 aliphatic heterocycles. The summed E-state index contributed by atoms with van der Waals surface area (Å²) < 4.78 is 5.39. The van der Waals surface area contributed by atoms with Gasteiger partial charge in [0.1, 0.15) is 5.58 Å². The number of carbonyl (C=O) groups excluding carboxylic acids is 1. The monoisotopic (exact) mass is 287 g/mol. The van der Waals surface area contributed by atoms with E-state index in [1.807, 2.05) is 0 Å². The summed E-state index contributed by atoms with van der Waals surface area (Å²) in [5, 5.41) is 12.0. The van der Waals surface area contributed by atoms with Crippen molar-refractivity contribution in [1.29, 1.82) is 0 Å². The Balaban J connectivity index is 1.82. The van der Waals surface area contributed by atoms with Crippen molar-refractivity contribution >= 4 is 22.8 Å². The number of benzene rings is 1. The molecule has 21 heavy (non-hydrogen) atoms. The molecule has 6 nitrogen and oxygen atoms in total. The number of hydrogen-bond donors (Lipinski definition) is 2. The molecule has 108 valence electrons. The molecule has 3 rings (SSSR count). The van der Waals surface area contributed by atoms with E-state index in [9.17, 15) is 14.4 Å². The molecule has 2 N–H and O–H groups in total. The number of amides is 1. The first kappa shape index (κ1) is 13.4. The largest absolute Gasteiger partial charge is 0.481 e. The highest BCUT2D eigenvalue weighted by molar-refractivity contribution is 5.93. The number of para-hydroxylation sites is 1. The fraction of sp³-hybridized carbons (Fsp3) is 0.267. The SMILES string of the molecule is O=C(NCC1(C(=O)O)CC1)c1cc(=O)c2ccccc2o1. The van der Waals surface area contributed by atoms with Gasteiger partial charge < -0.3 is 14.8 Å². The summed E-state index contributed by atoms with van der Waals surface area (Å²) in [6, 6.07) is 7.76. The van der Waals surface area contributed by atoms with Crippen LogP contribution in [-0.4, -0.2) is 23.5 Å². The maximum Gasteiger partial charge on any atom is 0.311 e. The lowest BCUT2D eigenvalue weighted by atomic mass is 10.1. The predicted octanol–water partition coefficient (Wildman–Crippen LogP) is 1.39. The van der Waals surface area contributed by atoms with E-state index in [1.54, 1.807) is 24.3 Å². The fourth-order valence-corrected chi connectivity index (χ4v) is 2.17. The van der Waals surface area contributed by atoms with Crippen molar-refractivity contribution < 1.29 is 19.1 Å². The van der Waals surface area contributed by atoms with Crippen molar-refractivity contribution in [2.45, 2.75) is 12.8 Å². The molecule has 0 spiro atoms. The Morgan fingerprint density at radius 2 is 2.00 bits per heavy atom. The topological polar surface area (TPSA) is 96.6 Å². The van der Waals surface area contributed by atoms with Gasteiger partial charge in [-0.3, -0.25) is 14.4 Å². The molecule has 1 amide bonds. The van der Waals surface area contributed by atoms with E-state index in [0.29, 0.717) is 23.8 Å². The average molecular weight is 287 g/mol. The summed E-state index contributed by atoms with van der Waals surface area (Å²) in [5.74, 6) is -1.60. The van der Waals surface area contributed by atoms with Crippen molar-refractivity contribution in [1.82, 2.24) is 5.32 Å². The molecule has 6 heteroatoms. The molecule has 2 aromatic rings. The molecular weight excluding hydrogens is 274 g/mol. The second kappa shape index (κ2) is 4.73. The Hall–Kier alpha value is -2.63. The minimum Gasteiger partial charge on any atom is -0.481 e. The number of carbonyl (C=O) groups is 2. The summed E-state index contributed by atoms with van der Waals surface area (Å²) in [7, 11) is 0. The summed E-state index contributed by atoms with van der Waals surface area (Å²) in [6.45, 7) is 0.0394. The maximum atomic E-state index is 12.0. The van der Waals surface area contributed by atoms with Gasteiger partial charge >= 0.3 is 5.97 Å². The van der Waals surface area contributed by atoms with Gasteiger partial charge in [-0.05, 0) is 25.0 Å². The van der Waals surface area contributed by atoms with Crippen LogP contribution >= 0.6 is 0 Å². The minimum absolute atomic E-state index is 0.0394. The van der Waals surface area contributed by atoms with E-state index in [0.717, 1.165) is 6.07 Å². The van der Waals surface area contributed by atoms with Crippen molar-refractivity contribution in [2.24, 2.45) is 5.41 Å². The molecule has 1 aliphatic rings. The summed E-state index contributed by atoms with van der Waals surface area (Å²) in [6.07, 6.45) is 1.09. The maximum absolute atomic E-state index is 12.0. The lowest BCUT2D eigenvalue weighted by molar-refractivity contribution is -0.143. The first-order chi connectivity index (χ1) is 10.0. The van der Waals surface area contributed by atoms with Gasteiger partial charge in [0.25, 0.3) is 5.91 Å². The van der Waals surface area contributed by atoms with Gasteiger partial charge in [-0.2, -0.15) is 0 Å². The lowest BCUT2D eigenvalue weighted by Gasteiger charge is -2.10. The van der Waals surface area contributed by atoms with Crippen LogP contribution in [0.5, 0.6) is 0 Å². The zero-order valence-electron chi connectivity index (χ0n) is 11.1. The highest BCUT2D eigenvalue weighted by Crippen LogP contribution is 2.45. The molecule has 0 unspecified atom stereocenters.